The largest absolute Gasteiger partial charge is 0.309 e. The third kappa shape index (κ3) is 4.85. The highest BCUT2D eigenvalue weighted by Crippen LogP contribution is 2.34. The number of hydrogen-bond acceptors (Lipinski definition) is 1. The van der Waals surface area contributed by atoms with Crippen molar-refractivity contribution in [3.8, 4) is 0 Å². The number of halogens is 2. The Balaban J connectivity index is 0.00000210. The molecule has 1 N–H and O–H groups in total. The molecule has 3 aromatic carbocycles. The molecule has 3 aromatic rings. The van der Waals surface area contributed by atoms with Gasteiger partial charge in [-0.2, -0.15) is 0 Å². The third-order valence-electron chi connectivity index (χ3n) is 5.45. The Bertz CT molecular complexity index is 848. The summed E-state index contributed by atoms with van der Waals surface area (Å²) in [5.41, 5.74) is 5.46. The van der Waals surface area contributed by atoms with Crippen LogP contribution in [0.15, 0.2) is 78.9 Å². The molecule has 0 bridgehead atoms. The van der Waals surface area contributed by atoms with Crippen LogP contribution in [0.1, 0.15) is 34.6 Å². The second kappa shape index (κ2) is 9.29. The van der Waals surface area contributed by atoms with Crippen molar-refractivity contribution in [3.05, 3.63) is 107 Å². The summed E-state index contributed by atoms with van der Waals surface area (Å²) in [4.78, 5) is 0. The molecule has 0 heterocycles. The minimum absolute atomic E-state index is 0. The van der Waals surface area contributed by atoms with E-state index in [4.69, 9.17) is 0 Å². The first kappa shape index (κ1) is 19.8. The lowest BCUT2D eigenvalue weighted by Crippen LogP contribution is -2.39. The van der Waals surface area contributed by atoms with Crippen molar-refractivity contribution in [3.63, 3.8) is 0 Å². The molecular weight excluding hydrogens is 401 g/mol. The molecule has 0 saturated heterocycles. The van der Waals surface area contributed by atoms with Gasteiger partial charge in [0.15, 0.2) is 0 Å². The molecule has 2 atom stereocenters. The van der Waals surface area contributed by atoms with E-state index >= 15 is 0 Å². The van der Waals surface area contributed by atoms with Gasteiger partial charge in [0.2, 0.25) is 0 Å². The molecule has 0 spiro atoms. The van der Waals surface area contributed by atoms with Crippen LogP contribution < -0.4 is 5.32 Å². The van der Waals surface area contributed by atoms with Crippen LogP contribution in [0.25, 0.3) is 0 Å². The van der Waals surface area contributed by atoms with Crippen LogP contribution in [-0.2, 0) is 19.4 Å². The molecule has 2 unspecified atom stereocenters. The Morgan fingerprint density at radius 2 is 1.52 bits per heavy atom. The smallest absolute Gasteiger partial charge is 0.123 e. The van der Waals surface area contributed by atoms with Crippen molar-refractivity contribution in [2.45, 2.75) is 37.8 Å². The van der Waals surface area contributed by atoms with Gasteiger partial charge in [-0.3, -0.25) is 0 Å². The van der Waals surface area contributed by atoms with Crippen molar-refractivity contribution >= 4 is 17.0 Å². The van der Waals surface area contributed by atoms with Gasteiger partial charge in [-0.1, -0.05) is 66.7 Å². The van der Waals surface area contributed by atoms with Crippen molar-refractivity contribution in [2.24, 2.45) is 0 Å². The molecule has 0 aromatic heterocycles. The van der Waals surface area contributed by atoms with E-state index in [1.54, 1.807) is 0 Å². The maximum atomic E-state index is 13.1. The summed E-state index contributed by atoms with van der Waals surface area (Å²) in [5.74, 6) is 0.282. The molecule has 0 fully saturated rings. The Morgan fingerprint density at radius 1 is 0.815 bits per heavy atom. The van der Waals surface area contributed by atoms with Crippen molar-refractivity contribution in [2.75, 3.05) is 0 Å². The van der Waals surface area contributed by atoms with E-state index in [9.17, 15) is 4.39 Å². The molecule has 0 aliphatic heterocycles. The predicted octanol–water partition coefficient (Wildman–Crippen LogP) is 5.83. The summed E-state index contributed by atoms with van der Waals surface area (Å²) in [5, 5.41) is 3.75. The monoisotopic (exact) mass is 425 g/mol. The topological polar surface area (TPSA) is 12.0 Å². The van der Waals surface area contributed by atoms with Crippen molar-refractivity contribution in [1.29, 1.82) is 0 Å². The quantitative estimate of drug-likeness (QED) is 0.541. The fourth-order valence-corrected chi connectivity index (χ4v) is 4.07. The van der Waals surface area contributed by atoms with E-state index in [1.807, 2.05) is 12.1 Å². The number of nitrogens with one attached hydrogen (secondary N) is 1. The van der Waals surface area contributed by atoms with Gasteiger partial charge in [0, 0.05) is 18.5 Å². The van der Waals surface area contributed by atoms with E-state index in [0.29, 0.717) is 12.0 Å². The number of rotatable bonds is 5. The zero-order chi connectivity index (χ0) is 17.8. The minimum Gasteiger partial charge on any atom is -0.309 e. The summed E-state index contributed by atoms with van der Waals surface area (Å²) in [6.45, 7) is 0.776. The minimum atomic E-state index is -0.178. The number of aryl methyl sites for hydroxylation is 1. The van der Waals surface area contributed by atoms with E-state index in [2.05, 4.69) is 59.9 Å². The van der Waals surface area contributed by atoms with Gasteiger partial charge >= 0.3 is 0 Å². The lowest BCUT2D eigenvalue weighted by atomic mass is 9.76. The molecule has 3 heteroatoms. The SMILES string of the molecule is Br.Fc1ccc(CNC2CCc3ccccc3C2Cc2ccccc2)cc1. The fraction of sp³-hybridized carbons (Fsp3) is 0.250. The summed E-state index contributed by atoms with van der Waals surface area (Å²) in [6.07, 6.45) is 3.29. The molecule has 0 saturated carbocycles. The molecular formula is C24H25BrFN. The standard InChI is InChI=1S/C24H24FN.BrH/c25-21-13-10-19(11-14-21)17-26-24-15-12-20-8-4-5-9-22(20)23(24)16-18-6-2-1-3-7-18;/h1-11,13-14,23-24,26H,12,15-17H2;1H. The van der Waals surface area contributed by atoms with Crippen LogP contribution in [0.5, 0.6) is 0 Å². The van der Waals surface area contributed by atoms with E-state index in [0.717, 1.165) is 31.4 Å². The maximum Gasteiger partial charge on any atom is 0.123 e. The van der Waals surface area contributed by atoms with Gasteiger partial charge in [-0.15, -0.1) is 17.0 Å². The van der Waals surface area contributed by atoms with Crippen LogP contribution >= 0.6 is 17.0 Å². The average Bonchev–Trinajstić information content (AvgIpc) is 2.69. The maximum absolute atomic E-state index is 13.1. The highest BCUT2D eigenvalue weighted by Gasteiger charge is 2.29. The number of benzene rings is 3. The Morgan fingerprint density at radius 3 is 2.30 bits per heavy atom. The highest BCUT2D eigenvalue weighted by atomic mass is 79.9. The Labute approximate surface area is 171 Å². The first-order chi connectivity index (χ1) is 12.8. The van der Waals surface area contributed by atoms with E-state index in [1.165, 1.54) is 28.8 Å². The summed E-state index contributed by atoms with van der Waals surface area (Å²) in [6, 6.07) is 26.8. The summed E-state index contributed by atoms with van der Waals surface area (Å²) >= 11 is 0. The zero-order valence-electron chi connectivity index (χ0n) is 15.3. The number of hydrogen-bond donors (Lipinski definition) is 1. The average molecular weight is 426 g/mol. The second-order valence-electron chi connectivity index (χ2n) is 7.15. The van der Waals surface area contributed by atoms with E-state index < -0.39 is 0 Å². The van der Waals surface area contributed by atoms with Crippen LogP contribution in [-0.4, -0.2) is 6.04 Å². The lowest BCUT2D eigenvalue weighted by Gasteiger charge is -2.35. The van der Waals surface area contributed by atoms with Crippen molar-refractivity contribution in [1.82, 2.24) is 5.32 Å². The van der Waals surface area contributed by atoms with E-state index in [-0.39, 0.29) is 22.8 Å². The summed E-state index contributed by atoms with van der Waals surface area (Å²) < 4.78 is 13.1. The molecule has 140 valence electrons. The van der Waals surface area contributed by atoms with Crippen LogP contribution in [0.3, 0.4) is 0 Å². The predicted molar refractivity (Wildman–Crippen MR) is 115 cm³/mol. The molecule has 1 aliphatic rings. The third-order valence-corrected chi connectivity index (χ3v) is 5.45. The van der Waals surface area contributed by atoms with Gasteiger partial charge in [-0.25, -0.2) is 4.39 Å². The molecule has 0 radical (unpaired) electrons. The van der Waals surface area contributed by atoms with Gasteiger partial charge in [-0.05, 0) is 53.6 Å². The summed E-state index contributed by atoms with van der Waals surface area (Å²) in [7, 11) is 0. The van der Waals surface area contributed by atoms with Gasteiger partial charge in [0.25, 0.3) is 0 Å². The molecule has 1 nitrogen and oxygen atoms in total. The first-order valence-corrected chi connectivity index (χ1v) is 9.39. The van der Waals surface area contributed by atoms with Crippen LogP contribution in [0.4, 0.5) is 4.39 Å². The van der Waals surface area contributed by atoms with Gasteiger partial charge in [0.1, 0.15) is 5.82 Å². The molecule has 1 aliphatic carbocycles. The van der Waals surface area contributed by atoms with Gasteiger partial charge < -0.3 is 5.32 Å². The zero-order valence-corrected chi connectivity index (χ0v) is 17.0. The highest BCUT2D eigenvalue weighted by molar-refractivity contribution is 8.93. The Kier molecular flexibility index (Phi) is 6.81. The molecule has 0 amide bonds. The van der Waals surface area contributed by atoms with Crippen LogP contribution in [0.2, 0.25) is 0 Å². The number of fused-ring (bicyclic) bond motifs is 1. The molecule has 27 heavy (non-hydrogen) atoms. The molecule has 4 rings (SSSR count). The van der Waals surface area contributed by atoms with Crippen LogP contribution in [0, 0.1) is 5.82 Å². The second-order valence-corrected chi connectivity index (χ2v) is 7.15. The van der Waals surface area contributed by atoms with Gasteiger partial charge in [0.05, 0.1) is 0 Å². The fourth-order valence-electron chi connectivity index (χ4n) is 4.07. The lowest BCUT2D eigenvalue weighted by molar-refractivity contribution is 0.383. The first-order valence-electron chi connectivity index (χ1n) is 9.39. The Hall–Kier alpha value is -1.97. The van der Waals surface area contributed by atoms with Crippen molar-refractivity contribution < 1.29 is 4.39 Å². The normalized spacial score (nSPS) is 18.4.